The van der Waals surface area contributed by atoms with E-state index < -0.39 is 0 Å². The van der Waals surface area contributed by atoms with Crippen LogP contribution >= 0.6 is 11.8 Å². The molecule has 168 valence electrons. The van der Waals surface area contributed by atoms with Gasteiger partial charge in [-0.1, -0.05) is 48.2 Å². The van der Waals surface area contributed by atoms with Crippen LogP contribution in [0.3, 0.4) is 0 Å². The Morgan fingerprint density at radius 1 is 1.06 bits per heavy atom. The van der Waals surface area contributed by atoms with Gasteiger partial charge in [-0.3, -0.25) is 9.36 Å². The summed E-state index contributed by atoms with van der Waals surface area (Å²) < 4.78 is 13.0. The van der Waals surface area contributed by atoms with E-state index in [-0.39, 0.29) is 18.3 Å². The topological polar surface area (TPSA) is 78.3 Å². The molecule has 0 radical (unpaired) electrons. The highest BCUT2D eigenvalue weighted by Gasteiger charge is 2.14. The third-order valence-electron chi connectivity index (χ3n) is 4.90. The number of carbonyl (C=O) groups is 1. The van der Waals surface area contributed by atoms with E-state index in [1.165, 1.54) is 11.8 Å². The number of fused-ring (bicyclic) bond motifs is 1. The zero-order valence-corrected chi connectivity index (χ0v) is 19.0. The number of thioether (sulfide) groups is 1. The molecular formula is C25H24N4O3S. The molecule has 0 bridgehead atoms. The summed E-state index contributed by atoms with van der Waals surface area (Å²) >= 11 is 1.32. The molecule has 0 atom stereocenters. The molecule has 0 aliphatic carbocycles. The van der Waals surface area contributed by atoms with Gasteiger partial charge in [0.05, 0.1) is 12.9 Å². The Balaban J connectivity index is 1.37. The number of hydrogen-bond acceptors (Lipinski definition) is 6. The highest BCUT2D eigenvalue weighted by atomic mass is 32.2. The first-order valence-corrected chi connectivity index (χ1v) is 11.4. The monoisotopic (exact) mass is 460 g/mol. The van der Waals surface area contributed by atoms with Gasteiger partial charge in [-0.25, -0.2) is 0 Å². The van der Waals surface area contributed by atoms with Gasteiger partial charge >= 0.3 is 0 Å². The lowest BCUT2D eigenvalue weighted by atomic mass is 10.1. The Morgan fingerprint density at radius 2 is 1.82 bits per heavy atom. The molecule has 0 fully saturated rings. The summed E-state index contributed by atoms with van der Waals surface area (Å²) in [5.41, 5.74) is 0.707. The van der Waals surface area contributed by atoms with Crippen LogP contribution in [0.2, 0.25) is 0 Å². The quantitative estimate of drug-likeness (QED) is 0.267. The molecular weight excluding hydrogens is 436 g/mol. The van der Waals surface area contributed by atoms with Crippen LogP contribution in [0.4, 0.5) is 5.69 Å². The zero-order chi connectivity index (χ0) is 23.0. The number of ether oxygens (including phenoxy) is 2. The van der Waals surface area contributed by atoms with Crippen LogP contribution < -0.4 is 14.8 Å². The molecule has 1 amide bonds. The van der Waals surface area contributed by atoms with Crippen molar-refractivity contribution in [2.45, 2.75) is 18.3 Å². The minimum Gasteiger partial charge on any atom is -0.497 e. The average Bonchev–Trinajstić information content (AvgIpc) is 3.23. The van der Waals surface area contributed by atoms with Crippen molar-refractivity contribution in [3.8, 4) is 11.5 Å². The van der Waals surface area contributed by atoms with Crippen molar-refractivity contribution in [2.24, 2.45) is 0 Å². The predicted octanol–water partition coefficient (Wildman–Crippen LogP) is 4.94. The average molecular weight is 461 g/mol. The van der Waals surface area contributed by atoms with Gasteiger partial charge in [0.15, 0.2) is 11.0 Å². The van der Waals surface area contributed by atoms with Gasteiger partial charge in [-0.2, -0.15) is 0 Å². The predicted molar refractivity (Wildman–Crippen MR) is 131 cm³/mol. The molecule has 1 N–H and O–H groups in total. The molecule has 1 heterocycles. The van der Waals surface area contributed by atoms with Crippen LogP contribution in [-0.4, -0.2) is 33.5 Å². The van der Waals surface area contributed by atoms with Crippen molar-refractivity contribution in [1.82, 2.24) is 14.8 Å². The summed E-state index contributed by atoms with van der Waals surface area (Å²) in [6, 6.07) is 21.3. The summed E-state index contributed by atoms with van der Waals surface area (Å²) in [4.78, 5) is 12.4. The molecule has 0 aliphatic rings. The van der Waals surface area contributed by atoms with E-state index in [9.17, 15) is 4.79 Å². The molecule has 3 aromatic carbocycles. The molecule has 0 saturated carbocycles. The second-order valence-electron chi connectivity index (χ2n) is 7.16. The van der Waals surface area contributed by atoms with E-state index in [1.54, 1.807) is 37.5 Å². The molecule has 7 nitrogen and oxygen atoms in total. The van der Waals surface area contributed by atoms with Crippen molar-refractivity contribution in [1.29, 1.82) is 0 Å². The fourth-order valence-corrected chi connectivity index (χ4v) is 4.02. The van der Waals surface area contributed by atoms with E-state index >= 15 is 0 Å². The van der Waals surface area contributed by atoms with E-state index in [2.05, 4.69) is 28.2 Å². The van der Waals surface area contributed by atoms with Gasteiger partial charge in [0.1, 0.15) is 18.1 Å². The lowest BCUT2D eigenvalue weighted by molar-refractivity contribution is -0.113. The third kappa shape index (κ3) is 5.72. The van der Waals surface area contributed by atoms with Crippen LogP contribution in [0, 0.1) is 0 Å². The fourth-order valence-electron chi connectivity index (χ4n) is 3.25. The first kappa shape index (κ1) is 22.4. The van der Waals surface area contributed by atoms with Crippen molar-refractivity contribution >= 4 is 34.1 Å². The lowest BCUT2D eigenvalue weighted by Gasteiger charge is -2.10. The van der Waals surface area contributed by atoms with Crippen LogP contribution in [0.1, 0.15) is 5.82 Å². The van der Waals surface area contributed by atoms with E-state index in [4.69, 9.17) is 9.47 Å². The fraction of sp³-hybridized carbons (Fsp3) is 0.160. The first-order valence-electron chi connectivity index (χ1n) is 10.4. The number of rotatable bonds is 10. The summed E-state index contributed by atoms with van der Waals surface area (Å²) in [6.45, 7) is 4.60. The summed E-state index contributed by atoms with van der Waals surface area (Å²) in [5.74, 6) is 2.23. The van der Waals surface area contributed by atoms with Crippen molar-refractivity contribution in [3.63, 3.8) is 0 Å². The van der Waals surface area contributed by atoms with Crippen LogP contribution in [0.25, 0.3) is 10.8 Å². The molecule has 0 unspecified atom stereocenters. The van der Waals surface area contributed by atoms with Gasteiger partial charge in [-0.15, -0.1) is 16.8 Å². The number of benzene rings is 3. The zero-order valence-electron chi connectivity index (χ0n) is 18.2. The van der Waals surface area contributed by atoms with Crippen LogP contribution in [0.5, 0.6) is 11.5 Å². The minimum atomic E-state index is -0.132. The SMILES string of the molecule is C=CCn1c(COc2ccc3ccccc3c2)nnc1SCC(=O)Nc1ccc(OC)cc1. The number of methoxy groups -OCH3 is 1. The number of nitrogens with zero attached hydrogens (tertiary/aromatic N) is 3. The van der Waals surface area contributed by atoms with Crippen molar-refractivity contribution in [2.75, 3.05) is 18.2 Å². The molecule has 8 heteroatoms. The van der Waals surface area contributed by atoms with Crippen LogP contribution in [-0.2, 0) is 17.9 Å². The summed E-state index contributed by atoms with van der Waals surface area (Å²) in [6.07, 6.45) is 1.77. The highest BCUT2D eigenvalue weighted by Crippen LogP contribution is 2.23. The third-order valence-corrected chi connectivity index (χ3v) is 5.87. The van der Waals surface area contributed by atoms with Crippen LogP contribution in [0.15, 0.2) is 84.5 Å². The molecule has 0 aliphatic heterocycles. The molecule has 1 aromatic heterocycles. The standard InChI is InChI=1S/C25H24N4O3S/c1-3-14-29-23(16-32-22-11-8-18-6-4-5-7-19(18)15-22)27-28-25(29)33-17-24(30)26-20-9-12-21(31-2)13-10-20/h3-13,15H,1,14,16-17H2,2H3,(H,26,30). The summed E-state index contributed by atoms with van der Waals surface area (Å²) in [5, 5.41) is 14.3. The Morgan fingerprint density at radius 3 is 2.58 bits per heavy atom. The largest absolute Gasteiger partial charge is 0.497 e. The first-order chi connectivity index (χ1) is 16.2. The smallest absolute Gasteiger partial charge is 0.234 e. The number of nitrogens with one attached hydrogen (secondary N) is 1. The van der Waals surface area contributed by atoms with Gasteiger partial charge in [0.25, 0.3) is 0 Å². The number of amides is 1. The van der Waals surface area contributed by atoms with E-state index in [1.807, 2.05) is 41.0 Å². The maximum atomic E-state index is 12.4. The highest BCUT2D eigenvalue weighted by molar-refractivity contribution is 7.99. The Hall–Kier alpha value is -3.78. The maximum Gasteiger partial charge on any atom is 0.234 e. The molecule has 4 aromatic rings. The van der Waals surface area contributed by atoms with E-state index in [0.717, 1.165) is 22.3 Å². The molecule has 33 heavy (non-hydrogen) atoms. The lowest BCUT2D eigenvalue weighted by Crippen LogP contribution is -2.15. The van der Waals surface area contributed by atoms with Gasteiger partial charge in [0.2, 0.25) is 5.91 Å². The van der Waals surface area contributed by atoms with Gasteiger partial charge in [0, 0.05) is 12.2 Å². The van der Waals surface area contributed by atoms with Crippen molar-refractivity contribution < 1.29 is 14.3 Å². The Kier molecular flexibility index (Phi) is 7.26. The Bertz CT molecular complexity index is 1250. The number of carbonyl (C=O) groups excluding carboxylic acids is 1. The number of anilines is 1. The minimum absolute atomic E-state index is 0.132. The normalized spacial score (nSPS) is 10.7. The maximum absolute atomic E-state index is 12.4. The Labute approximate surface area is 196 Å². The van der Waals surface area contributed by atoms with Crippen molar-refractivity contribution in [3.05, 3.63) is 85.2 Å². The summed E-state index contributed by atoms with van der Waals surface area (Å²) in [7, 11) is 1.60. The van der Waals surface area contributed by atoms with Gasteiger partial charge < -0.3 is 14.8 Å². The second-order valence-corrected chi connectivity index (χ2v) is 8.10. The second kappa shape index (κ2) is 10.7. The molecule has 4 rings (SSSR count). The number of allylic oxidation sites excluding steroid dienone is 1. The number of hydrogen-bond donors (Lipinski definition) is 1. The molecule has 0 spiro atoms. The van der Waals surface area contributed by atoms with E-state index in [0.29, 0.717) is 23.2 Å². The molecule has 0 saturated heterocycles. The van der Waals surface area contributed by atoms with Gasteiger partial charge in [-0.05, 0) is 47.2 Å². The number of aromatic nitrogens is 3.